The summed E-state index contributed by atoms with van der Waals surface area (Å²) in [6, 6.07) is 1.82. The minimum absolute atomic E-state index is 0.329. The van der Waals surface area contributed by atoms with Crippen molar-refractivity contribution in [2.75, 3.05) is 36.5 Å². The second-order valence-corrected chi connectivity index (χ2v) is 5.96. The van der Waals surface area contributed by atoms with Crippen LogP contribution in [-0.2, 0) is 0 Å². The van der Waals surface area contributed by atoms with E-state index < -0.39 is 0 Å². The van der Waals surface area contributed by atoms with Gasteiger partial charge in [-0.1, -0.05) is 0 Å². The van der Waals surface area contributed by atoms with Crippen molar-refractivity contribution in [3.05, 3.63) is 36.3 Å². The van der Waals surface area contributed by atoms with Gasteiger partial charge in [0.1, 0.15) is 6.33 Å². The van der Waals surface area contributed by atoms with Crippen molar-refractivity contribution in [3.63, 3.8) is 0 Å². The van der Waals surface area contributed by atoms with Crippen LogP contribution in [0.25, 0.3) is 0 Å². The van der Waals surface area contributed by atoms with Crippen LogP contribution in [0.3, 0.4) is 0 Å². The first-order chi connectivity index (χ1) is 11.1. The van der Waals surface area contributed by atoms with E-state index in [4.69, 9.17) is 0 Å². The summed E-state index contributed by atoms with van der Waals surface area (Å²) in [4.78, 5) is 20.6. The van der Waals surface area contributed by atoms with Gasteiger partial charge < -0.3 is 9.80 Å². The lowest BCUT2D eigenvalue weighted by Crippen LogP contribution is -2.39. The molecule has 0 amide bonds. The van der Waals surface area contributed by atoms with Gasteiger partial charge in [-0.05, 0) is 31.7 Å². The zero-order chi connectivity index (χ0) is 16.2. The summed E-state index contributed by atoms with van der Waals surface area (Å²) in [5.74, 6) is 1.35. The van der Waals surface area contributed by atoms with Crippen LogP contribution in [-0.4, -0.2) is 46.6 Å². The zero-order valence-electron chi connectivity index (χ0n) is 13.5. The number of aromatic nitrogens is 4. The molecule has 2 aromatic rings. The fraction of sp³-hybridized carbons (Fsp3) is 0.500. The largest absolute Gasteiger partial charge is 0.357 e. The lowest BCUT2D eigenvalue weighted by atomic mass is 9.96. The smallest absolute Gasteiger partial charge is 0.225 e. The van der Waals surface area contributed by atoms with Crippen LogP contribution in [0.15, 0.2) is 24.8 Å². The molecule has 1 aliphatic heterocycles. The van der Waals surface area contributed by atoms with Crippen LogP contribution >= 0.6 is 0 Å². The molecule has 0 saturated carbocycles. The van der Waals surface area contributed by atoms with Crippen LogP contribution in [0, 0.1) is 18.7 Å². The molecule has 0 N–H and O–H groups in total. The quantitative estimate of drug-likeness (QED) is 0.860. The number of nitrogens with zero attached hydrogens (tertiary/aromatic N) is 6. The van der Waals surface area contributed by atoms with Crippen molar-refractivity contribution in [2.24, 2.45) is 5.92 Å². The molecule has 2 aromatic heterocycles. The highest BCUT2D eigenvalue weighted by molar-refractivity contribution is 5.39. The standard InChI is InChI=1S/C16H21FN6/c1-12-14(17)15(21-11-20-12)22(2)10-13-4-8-23(9-5-13)16-18-6-3-7-19-16/h3,6-7,11,13H,4-5,8-10H2,1-2H3. The molecule has 7 heteroatoms. The van der Waals surface area contributed by atoms with E-state index in [1.807, 2.05) is 18.0 Å². The normalized spacial score (nSPS) is 15.7. The summed E-state index contributed by atoms with van der Waals surface area (Å²) in [5.41, 5.74) is 0.387. The van der Waals surface area contributed by atoms with E-state index in [2.05, 4.69) is 24.8 Å². The van der Waals surface area contributed by atoms with Gasteiger partial charge in [0.05, 0.1) is 5.69 Å². The van der Waals surface area contributed by atoms with Crippen LogP contribution in [0.5, 0.6) is 0 Å². The Labute approximate surface area is 135 Å². The zero-order valence-corrected chi connectivity index (χ0v) is 13.5. The molecule has 3 rings (SSSR count). The monoisotopic (exact) mass is 316 g/mol. The molecule has 1 fully saturated rings. The van der Waals surface area contributed by atoms with E-state index in [1.165, 1.54) is 6.33 Å². The van der Waals surface area contributed by atoms with Gasteiger partial charge in [0, 0.05) is 39.1 Å². The highest BCUT2D eigenvalue weighted by atomic mass is 19.1. The third-order valence-electron chi connectivity index (χ3n) is 4.29. The Morgan fingerprint density at radius 3 is 2.57 bits per heavy atom. The lowest BCUT2D eigenvalue weighted by Gasteiger charge is -2.34. The van der Waals surface area contributed by atoms with Crippen molar-refractivity contribution in [2.45, 2.75) is 19.8 Å². The molecule has 23 heavy (non-hydrogen) atoms. The third-order valence-corrected chi connectivity index (χ3v) is 4.29. The van der Waals surface area contributed by atoms with Crippen LogP contribution in [0.4, 0.5) is 16.2 Å². The predicted molar refractivity (Wildman–Crippen MR) is 87.0 cm³/mol. The van der Waals surface area contributed by atoms with Crippen LogP contribution < -0.4 is 9.80 Å². The number of hydrogen-bond donors (Lipinski definition) is 0. The van der Waals surface area contributed by atoms with Crippen molar-refractivity contribution < 1.29 is 4.39 Å². The molecule has 3 heterocycles. The van der Waals surface area contributed by atoms with Gasteiger partial charge in [-0.15, -0.1) is 0 Å². The molecule has 0 atom stereocenters. The average molecular weight is 316 g/mol. The summed E-state index contributed by atoms with van der Waals surface area (Å²) in [5, 5.41) is 0. The molecule has 1 aliphatic rings. The van der Waals surface area contributed by atoms with Gasteiger partial charge in [0.25, 0.3) is 0 Å². The van der Waals surface area contributed by atoms with Gasteiger partial charge in [0.2, 0.25) is 5.95 Å². The van der Waals surface area contributed by atoms with Gasteiger partial charge in [-0.3, -0.25) is 0 Å². The first kappa shape index (κ1) is 15.6. The summed E-state index contributed by atoms with van der Waals surface area (Å²) < 4.78 is 14.1. The summed E-state index contributed by atoms with van der Waals surface area (Å²) >= 11 is 0. The first-order valence-electron chi connectivity index (χ1n) is 7.85. The molecule has 0 spiro atoms. The molecule has 0 unspecified atom stereocenters. The summed E-state index contributed by atoms with van der Waals surface area (Å²) in [7, 11) is 1.89. The minimum Gasteiger partial charge on any atom is -0.357 e. The van der Waals surface area contributed by atoms with Gasteiger partial charge in [0.15, 0.2) is 11.6 Å². The maximum atomic E-state index is 14.1. The molecule has 0 aromatic carbocycles. The SMILES string of the molecule is Cc1ncnc(N(C)CC2CCN(c3ncccn3)CC2)c1F. The summed E-state index contributed by atoms with van der Waals surface area (Å²) in [6.07, 6.45) is 7.02. The summed E-state index contributed by atoms with van der Waals surface area (Å²) in [6.45, 7) is 4.30. The van der Waals surface area contributed by atoms with Crippen molar-refractivity contribution >= 4 is 11.8 Å². The minimum atomic E-state index is -0.329. The number of halogens is 1. The number of hydrogen-bond acceptors (Lipinski definition) is 6. The Hall–Kier alpha value is -2.31. The van der Waals surface area contributed by atoms with E-state index in [0.717, 1.165) is 38.4 Å². The molecule has 6 nitrogen and oxygen atoms in total. The topological polar surface area (TPSA) is 58.0 Å². The fourth-order valence-electron chi connectivity index (χ4n) is 2.96. The fourth-order valence-corrected chi connectivity index (χ4v) is 2.96. The average Bonchev–Trinajstić information content (AvgIpc) is 2.59. The van der Waals surface area contributed by atoms with Crippen molar-refractivity contribution in [1.29, 1.82) is 0 Å². The van der Waals surface area contributed by atoms with Crippen molar-refractivity contribution in [1.82, 2.24) is 19.9 Å². The molecule has 0 bridgehead atoms. The highest BCUT2D eigenvalue weighted by Crippen LogP contribution is 2.23. The van der Waals surface area contributed by atoms with E-state index >= 15 is 0 Å². The maximum absolute atomic E-state index is 14.1. The second-order valence-electron chi connectivity index (χ2n) is 5.96. The second kappa shape index (κ2) is 6.85. The molecule has 0 radical (unpaired) electrons. The Bertz CT molecular complexity index is 642. The first-order valence-corrected chi connectivity index (χ1v) is 7.85. The van der Waals surface area contributed by atoms with Crippen LogP contribution in [0.2, 0.25) is 0 Å². The lowest BCUT2D eigenvalue weighted by molar-refractivity contribution is 0.403. The van der Waals surface area contributed by atoms with E-state index in [1.54, 1.807) is 19.3 Å². The predicted octanol–water partition coefficient (Wildman–Crippen LogP) is 2.07. The number of rotatable bonds is 4. The Morgan fingerprint density at radius 2 is 1.87 bits per heavy atom. The Balaban J connectivity index is 1.57. The van der Waals surface area contributed by atoms with Crippen molar-refractivity contribution in [3.8, 4) is 0 Å². The van der Waals surface area contributed by atoms with E-state index in [0.29, 0.717) is 17.4 Å². The van der Waals surface area contributed by atoms with E-state index in [9.17, 15) is 4.39 Å². The molecule has 0 aliphatic carbocycles. The Morgan fingerprint density at radius 1 is 1.17 bits per heavy atom. The van der Waals surface area contributed by atoms with Gasteiger partial charge in [-0.2, -0.15) is 0 Å². The molecule has 1 saturated heterocycles. The number of aryl methyl sites for hydroxylation is 1. The van der Waals surface area contributed by atoms with E-state index in [-0.39, 0.29) is 5.82 Å². The molecular formula is C16H21FN6. The van der Waals surface area contributed by atoms with Crippen LogP contribution in [0.1, 0.15) is 18.5 Å². The molecular weight excluding hydrogens is 295 g/mol. The van der Waals surface area contributed by atoms with Gasteiger partial charge >= 0.3 is 0 Å². The molecule has 122 valence electrons. The maximum Gasteiger partial charge on any atom is 0.225 e. The Kier molecular flexibility index (Phi) is 4.64. The number of piperidine rings is 1. The highest BCUT2D eigenvalue weighted by Gasteiger charge is 2.23. The third kappa shape index (κ3) is 3.55. The number of anilines is 2. The van der Waals surface area contributed by atoms with Gasteiger partial charge in [-0.25, -0.2) is 24.3 Å².